The molecule has 3 aromatic carbocycles. The van der Waals surface area contributed by atoms with E-state index in [4.69, 9.17) is 14.2 Å². The Bertz CT molecular complexity index is 1420. The summed E-state index contributed by atoms with van der Waals surface area (Å²) in [4.78, 5) is 50.7. The number of carbonyl (C=O) groups excluding carboxylic acids is 4. The fourth-order valence-electron chi connectivity index (χ4n) is 3.95. The van der Waals surface area contributed by atoms with Gasteiger partial charge < -0.3 is 14.2 Å². The van der Waals surface area contributed by atoms with E-state index in [1.54, 1.807) is 42.5 Å². The zero-order valence-corrected chi connectivity index (χ0v) is 21.6. The van der Waals surface area contributed by atoms with E-state index in [2.05, 4.69) is 6.58 Å². The van der Waals surface area contributed by atoms with Gasteiger partial charge in [0.05, 0.1) is 20.2 Å². The Morgan fingerprint density at radius 3 is 2.23 bits per heavy atom. The lowest BCUT2D eigenvalue weighted by Crippen LogP contribution is -2.31. The van der Waals surface area contributed by atoms with Crippen molar-refractivity contribution < 1.29 is 37.8 Å². The predicted octanol–water partition coefficient (Wildman–Crippen LogP) is 4.53. The molecule has 1 saturated heterocycles. The number of rotatable bonds is 11. The van der Waals surface area contributed by atoms with Gasteiger partial charge >= 0.3 is 23.9 Å². The highest BCUT2D eigenvalue weighted by Crippen LogP contribution is 2.26. The monoisotopic (exact) mass is 547 g/mol. The van der Waals surface area contributed by atoms with E-state index in [1.165, 1.54) is 42.4 Å². The molecule has 0 spiro atoms. The Hall–Kier alpha value is -5.19. The van der Waals surface area contributed by atoms with Gasteiger partial charge in [-0.25, -0.2) is 14.0 Å². The molecule has 0 atom stereocenters. The van der Waals surface area contributed by atoms with Gasteiger partial charge in [-0.2, -0.15) is 0 Å². The van der Waals surface area contributed by atoms with Crippen molar-refractivity contribution in [2.24, 2.45) is 0 Å². The van der Waals surface area contributed by atoms with Crippen LogP contribution in [0.2, 0.25) is 0 Å². The predicted molar refractivity (Wildman–Crippen MR) is 141 cm³/mol. The minimum Gasteiger partial charge on any atom is -0.496 e. The lowest BCUT2D eigenvalue weighted by atomic mass is 10.1. The molecule has 1 fully saturated rings. The highest BCUT2D eigenvalue weighted by Gasteiger charge is 2.36. The molecule has 40 heavy (non-hydrogen) atoms. The highest BCUT2D eigenvalue weighted by atomic mass is 19.1. The molecule has 4 rings (SSSR count). The molecule has 1 N–H and O–H groups in total. The molecule has 1 aliphatic rings. The Kier molecular flexibility index (Phi) is 8.75. The maximum absolute atomic E-state index is 13.1. The van der Waals surface area contributed by atoms with Crippen molar-refractivity contribution in [1.29, 1.82) is 0 Å². The van der Waals surface area contributed by atoms with Gasteiger partial charge in [0, 0.05) is 12.1 Å². The number of benzene rings is 3. The Morgan fingerprint density at radius 1 is 0.975 bits per heavy atom. The van der Waals surface area contributed by atoms with Crippen LogP contribution in [0.1, 0.15) is 16.7 Å². The molecule has 0 radical (unpaired) electrons. The smallest absolute Gasteiger partial charge is 0.410 e. The third kappa shape index (κ3) is 6.81. The van der Waals surface area contributed by atoms with Crippen LogP contribution in [0.15, 0.2) is 79.4 Å². The average molecular weight is 548 g/mol. The van der Waals surface area contributed by atoms with Gasteiger partial charge in [-0.1, -0.05) is 30.9 Å². The lowest BCUT2D eigenvalue weighted by Gasteiger charge is -2.24. The van der Waals surface area contributed by atoms with Gasteiger partial charge in [-0.3, -0.25) is 24.7 Å². The highest BCUT2D eigenvalue weighted by molar-refractivity contribution is 6.44. The van der Waals surface area contributed by atoms with Gasteiger partial charge in [0.2, 0.25) is 0 Å². The van der Waals surface area contributed by atoms with E-state index < -0.39 is 23.9 Å². The van der Waals surface area contributed by atoms with Crippen molar-refractivity contribution in [3.05, 3.63) is 102 Å². The molecule has 1 aliphatic heterocycles. The number of hydrogen-bond acceptors (Lipinski definition) is 7. The third-order valence-electron chi connectivity index (χ3n) is 5.88. The third-order valence-corrected chi connectivity index (χ3v) is 5.88. The summed E-state index contributed by atoms with van der Waals surface area (Å²) < 4.78 is 29.6. The van der Waals surface area contributed by atoms with E-state index in [9.17, 15) is 23.6 Å². The van der Waals surface area contributed by atoms with Crippen molar-refractivity contribution in [2.45, 2.75) is 19.6 Å². The fraction of sp³-hybridized carbons (Fsp3) is 0.172. The Labute approximate surface area is 229 Å². The normalized spacial score (nSPS) is 12.7. The molecule has 0 aliphatic carbocycles. The summed E-state index contributed by atoms with van der Waals surface area (Å²) in [6.45, 7) is 3.69. The van der Waals surface area contributed by atoms with Crippen LogP contribution in [0.4, 0.5) is 14.0 Å². The summed E-state index contributed by atoms with van der Waals surface area (Å²) in [5.41, 5.74) is 1.91. The van der Waals surface area contributed by atoms with Crippen LogP contribution in [-0.4, -0.2) is 47.5 Å². The first-order valence-electron chi connectivity index (χ1n) is 12.1. The number of urea groups is 1. The van der Waals surface area contributed by atoms with Crippen LogP contribution < -0.4 is 14.8 Å². The number of nitrogens with one attached hydrogen (secondary N) is 1. The minimum atomic E-state index is -0.982. The molecule has 0 unspecified atom stereocenters. The molecule has 0 saturated carbocycles. The first-order valence-corrected chi connectivity index (χ1v) is 12.1. The molecule has 5 amide bonds. The van der Waals surface area contributed by atoms with Gasteiger partial charge in [0.25, 0.3) is 0 Å². The molecule has 10 nitrogen and oxygen atoms in total. The van der Waals surface area contributed by atoms with E-state index >= 15 is 0 Å². The van der Waals surface area contributed by atoms with Crippen molar-refractivity contribution in [3.8, 4) is 17.2 Å². The summed E-state index contributed by atoms with van der Waals surface area (Å²) in [7, 11) is 1.48. The fourth-order valence-corrected chi connectivity index (χ4v) is 3.95. The SMILES string of the molecule is C=CCOC(=O)N(Cc1ccc(Oc2ccc(F)cc2)cc1)Cc1cc(CN2C(=O)NC(=O)C2=O)ccc1OC. The van der Waals surface area contributed by atoms with Crippen molar-refractivity contribution in [3.63, 3.8) is 0 Å². The van der Waals surface area contributed by atoms with Gasteiger partial charge in [-0.05, 0) is 59.7 Å². The first-order chi connectivity index (χ1) is 19.3. The number of imide groups is 2. The summed E-state index contributed by atoms with van der Waals surface area (Å²) in [5, 5.41) is 1.96. The number of methoxy groups -OCH3 is 1. The van der Waals surface area contributed by atoms with Gasteiger partial charge in [-0.15, -0.1) is 0 Å². The van der Waals surface area contributed by atoms with Crippen molar-refractivity contribution in [1.82, 2.24) is 15.1 Å². The molecule has 0 aromatic heterocycles. The summed E-state index contributed by atoms with van der Waals surface area (Å²) in [5.74, 6) is -0.800. The molecule has 3 aromatic rings. The van der Waals surface area contributed by atoms with Crippen LogP contribution in [0.5, 0.6) is 17.2 Å². The maximum Gasteiger partial charge on any atom is 0.410 e. The summed E-state index contributed by atoms with van der Waals surface area (Å²) in [6.07, 6.45) is 0.858. The number of carbonyl (C=O) groups is 4. The quantitative estimate of drug-likeness (QED) is 0.213. The largest absolute Gasteiger partial charge is 0.496 e. The number of hydrogen-bond donors (Lipinski definition) is 1. The van der Waals surface area contributed by atoms with Gasteiger partial charge in [0.15, 0.2) is 0 Å². The first kappa shape index (κ1) is 27.8. The second kappa shape index (κ2) is 12.6. The topological polar surface area (TPSA) is 114 Å². The van der Waals surface area contributed by atoms with Gasteiger partial charge in [0.1, 0.15) is 29.7 Å². The van der Waals surface area contributed by atoms with Crippen LogP contribution in [0, 0.1) is 5.82 Å². The second-order valence-corrected chi connectivity index (χ2v) is 8.72. The Morgan fingerprint density at radius 2 is 1.62 bits per heavy atom. The zero-order chi connectivity index (χ0) is 28.6. The molecule has 206 valence electrons. The lowest BCUT2D eigenvalue weighted by molar-refractivity contribution is -0.140. The molecule has 1 heterocycles. The van der Waals surface area contributed by atoms with Crippen LogP contribution >= 0.6 is 0 Å². The van der Waals surface area contributed by atoms with Crippen LogP contribution in [0.25, 0.3) is 0 Å². The summed E-state index contributed by atoms with van der Waals surface area (Å²) >= 11 is 0. The molecular weight excluding hydrogens is 521 g/mol. The Balaban J connectivity index is 1.52. The molecule has 0 bridgehead atoms. The second-order valence-electron chi connectivity index (χ2n) is 8.72. The van der Waals surface area contributed by atoms with Crippen molar-refractivity contribution >= 4 is 23.9 Å². The molecular formula is C29H26FN3O7. The van der Waals surface area contributed by atoms with Crippen LogP contribution in [0.3, 0.4) is 0 Å². The summed E-state index contributed by atoms with van der Waals surface area (Å²) in [6, 6.07) is 16.9. The van der Waals surface area contributed by atoms with E-state index in [0.717, 1.165) is 10.5 Å². The number of halogens is 1. The average Bonchev–Trinajstić information content (AvgIpc) is 3.19. The number of nitrogens with zero attached hydrogens (tertiary/aromatic N) is 2. The van der Waals surface area contributed by atoms with E-state index in [0.29, 0.717) is 28.4 Å². The number of amides is 5. The zero-order valence-electron chi connectivity index (χ0n) is 21.6. The number of ether oxygens (including phenoxy) is 3. The molecule has 11 heteroatoms. The van der Waals surface area contributed by atoms with E-state index in [-0.39, 0.29) is 32.1 Å². The standard InChI is InChI=1S/C29H26FN3O7/c1-3-14-39-29(37)32(16-19-4-9-23(10-5-19)40-24-11-7-22(30)8-12-24)18-21-15-20(6-13-25(21)38-2)17-33-27(35)26(34)31-28(33)36/h3-13,15H,1,14,16-18H2,2H3,(H,31,34,36). The van der Waals surface area contributed by atoms with Crippen LogP contribution in [-0.2, 0) is 34.0 Å². The van der Waals surface area contributed by atoms with E-state index in [1.807, 2.05) is 5.32 Å². The minimum absolute atomic E-state index is 0.0111. The maximum atomic E-state index is 13.1. The van der Waals surface area contributed by atoms with Crippen molar-refractivity contribution in [2.75, 3.05) is 13.7 Å².